The van der Waals surface area contributed by atoms with Gasteiger partial charge in [-0.1, -0.05) is 29.8 Å². The molecule has 0 saturated carbocycles. The van der Waals surface area contributed by atoms with Gasteiger partial charge in [-0.25, -0.2) is 0 Å². The van der Waals surface area contributed by atoms with Crippen molar-refractivity contribution < 1.29 is 27.1 Å². The number of aryl methyl sites for hydroxylation is 1. The highest BCUT2D eigenvalue weighted by Crippen LogP contribution is 2.33. The standard InChI is InChI=1S/C22H18N2O6S/c1-13-7-9-14(10-8-13)31(28,29)30-24-21(26)17-6-4-5-15-16(20(25)23(2)3)11-12-18(19(15)17)22(24)27/h4-12H,1-3H3. The summed E-state index contributed by atoms with van der Waals surface area (Å²) in [6, 6.07) is 13.3. The summed E-state index contributed by atoms with van der Waals surface area (Å²) < 4.78 is 30.3. The molecule has 31 heavy (non-hydrogen) atoms. The summed E-state index contributed by atoms with van der Waals surface area (Å²) >= 11 is 0. The van der Waals surface area contributed by atoms with Crippen molar-refractivity contribution in [1.29, 1.82) is 0 Å². The monoisotopic (exact) mass is 438 g/mol. The molecule has 0 saturated heterocycles. The topological polar surface area (TPSA) is 101 Å². The Bertz CT molecular complexity index is 1340. The molecule has 1 aliphatic heterocycles. The highest BCUT2D eigenvalue weighted by Gasteiger charge is 2.38. The molecule has 4 rings (SSSR count). The third kappa shape index (κ3) is 3.37. The Kier molecular flexibility index (Phi) is 4.87. The second-order valence-electron chi connectivity index (χ2n) is 7.33. The summed E-state index contributed by atoms with van der Waals surface area (Å²) in [7, 11) is -1.23. The number of hydroxylamine groups is 2. The minimum Gasteiger partial charge on any atom is -0.345 e. The lowest BCUT2D eigenvalue weighted by atomic mass is 9.91. The van der Waals surface area contributed by atoms with Crippen LogP contribution in [-0.2, 0) is 14.4 Å². The quantitative estimate of drug-likeness (QED) is 0.581. The van der Waals surface area contributed by atoms with Gasteiger partial charge in [0.25, 0.3) is 17.7 Å². The molecule has 3 aromatic rings. The molecule has 0 bridgehead atoms. The van der Waals surface area contributed by atoms with E-state index in [2.05, 4.69) is 0 Å². The molecule has 8 nitrogen and oxygen atoms in total. The van der Waals surface area contributed by atoms with Crippen molar-refractivity contribution in [3.05, 3.63) is 76.9 Å². The van der Waals surface area contributed by atoms with Crippen LogP contribution in [0.2, 0.25) is 0 Å². The van der Waals surface area contributed by atoms with Crippen molar-refractivity contribution in [3.63, 3.8) is 0 Å². The lowest BCUT2D eigenvalue weighted by Gasteiger charge is -2.26. The molecule has 1 aliphatic rings. The number of carbonyl (C=O) groups is 3. The lowest BCUT2D eigenvalue weighted by Crippen LogP contribution is -2.41. The van der Waals surface area contributed by atoms with Crippen molar-refractivity contribution >= 4 is 38.6 Å². The van der Waals surface area contributed by atoms with E-state index in [1.807, 2.05) is 0 Å². The zero-order valence-corrected chi connectivity index (χ0v) is 17.8. The van der Waals surface area contributed by atoms with E-state index in [9.17, 15) is 22.8 Å². The first-order chi connectivity index (χ1) is 14.6. The highest BCUT2D eigenvalue weighted by molar-refractivity contribution is 7.86. The zero-order chi connectivity index (χ0) is 22.5. The van der Waals surface area contributed by atoms with Crippen molar-refractivity contribution in [2.45, 2.75) is 11.8 Å². The number of carbonyl (C=O) groups excluding carboxylic acids is 3. The van der Waals surface area contributed by atoms with Gasteiger partial charge < -0.3 is 4.90 Å². The highest BCUT2D eigenvalue weighted by atomic mass is 32.2. The van der Waals surface area contributed by atoms with Gasteiger partial charge in [-0.15, -0.1) is 9.35 Å². The molecule has 0 atom stereocenters. The molecule has 3 aromatic carbocycles. The van der Waals surface area contributed by atoms with Crippen LogP contribution in [0.5, 0.6) is 0 Å². The summed E-state index contributed by atoms with van der Waals surface area (Å²) in [6.45, 7) is 1.79. The summed E-state index contributed by atoms with van der Waals surface area (Å²) in [4.78, 5) is 39.8. The smallest absolute Gasteiger partial charge is 0.318 e. The van der Waals surface area contributed by atoms with E-state index in [-0.39, 0.29) is 32.4 Å². The maximum atomic E-state index is 13.0. The predicted molar refractivity (Wildman–Crippen MR) is 112 cm³/mol. The molecule has 1 heterocycles. The second kappa shape index (κ2) is 7.29. The van der Waals surface area contributed by atoms with Gasteiger partial charge in [-0.3, -0.25) is 14.4 Å². The predicted octanol–water partition coefficient (Wildman–Crippen LogP) is 2.77. The van der Waals surface area contributed by atoms with E-state index in [1.54, 1.807) is 45.3 Å². The Morgan fingerprint density at radius 2 is 1.52 bits per heavy atom. The fourth-order valence-corrected chi connectivity index (χ4v) is 4.30. The second-order valence-corrected chi connectivity index (χ2v) is 8.86. The number of amides is 3. The van der Waals surface area contributed by atoms with E-state index in [4.69, 9.17) is 4.28 Å². The fraction of sp³-hybridized carbons (Fsp3) is 0.136. The Hall–Kier alpha value is -3.56. The molecule has 9 heteroatoms. The number of nitrogens with zero attached hydrogens (tertiary/aromatic N) is 2. The molecule has 0 fully saturated rings. The lowest BCUT2D eigenvalue weighted by molar-refractivity contribution is -0.0155. The maximum Gasteiger partial charge on any atom is 0.318 e. The van der Waals surface area contributed by atoms with E-state index in [0.29, 0.717) is 10.9 Å². The molecule has 0 unspecified atom stereocenters. The van der Waals surface area contributed by atoms with Crippen LogP contribution in [0.1, 0.15) is 36.6 Å². The maximum absolute atomic E-state index is 13.0. The van der Waals surface area contributed by atoms with Crippen LogP contribution in [0.15, 0.2) is 59.5 Å². The van der Waals surface area contributed by atoms with Gasteiger partial charge in [-0.05, 0) is 42.6 Å². The average molecular weight is 438 g/mol. The summed E-state index contributed by atoms with van der Waals surface area (Å²) in [6.07, 6.45) is 0. The van der Waals surface area contributed by atoms with Gasteiger partial charge in [0.15, 0.2) is 0 Å². The number of benzene rings is 3. The van der Waals surface area contributed by atoms with Crippen LogP contribution >= 0.6 is 0 Å². The summed E-state index contributed by atoms with van der Waals surface area (Å²) in [5, 5.41) is 0.967. The number of imide groups is 1. The normalized spacial score (nSPS) is 13.6. The first kappa shape index (κ1) is 20.7. The van der Waals surface area contributed by atoms with E-state index in [1.165, 1.54) is 35.2 Å². The molecule has 0 radical (unpaired) electrons. The Morgan fingerprint density at radius 3 is 2.13 bits per heavy atom. The minimum atomic E-state index is -4.42. The van der Waals surface area contributed by atoms with E-state index >= 15 is 0 Å². The first-order valence-electron chi connectivity index (χ1n) is 9.29. The molecule has 3 amide bonds. The van der Waals surface area contributed by atoms with Gasteiger partial charge in [0, 0.05) is 25.0 Å². The first-order valence-corrected chi connectivity index (χ1v) is 10.7. The van der Waals surface area contributed by atoms with Gasteiger partial charge in [0.1, 0.15) is 0 Å². The van der Waals surface area contributed by atoms with Crippen LogP contribution in [0.4, 0.5) is 0 Å². The Morgan fingerprint density at radius 1 is 0.903 bits per heavy atom. The Labute approximate surface area is 178 Å². The molecular weight excluding hydrogens is 420 g/mol. The van der Waals surface area contributed by atoms with Crippen molar-refractivity contribution in [1.82, 2.24) is 9.96 Å². The minimum absolute atomic E-state index is 0.0691. The van der Waals surface area contributed by atoms with Gasteiger partial charge in [0.2, 0.25) is 0 Å². The van der Waals surface area contributed by atoms with Crippen LogP contribution in [-0.4, -0.2) is 50.2 Å². The molecular formula is C22H18N2O6S. The van der Waals surface area contributed by atoms with E-state index in [0.717, 1.165) is 5.56 Å². The number of rotatable bonds is 4. The summed E-state index contributed by atoms with van der Waals surface area (Å²) in [5.41, 5.74) is 1.31. The molecule has 158 valence electrons. The Balaban J connectivity index is 1.81. The largest absolute Gasteiger partial charge is 0.345 e. The fourth-order valence-electron chi connectivity index (χ4n) is 3.42. The summed E-state index contributed by atoms with van der Waals surface area (Å²) in [5.74, 6) is -2.13. The van der Waals surface area contributed by atoms with Crippen LogP contribution in [0.3, 0.4) is 0 Å². The van der Waals surface area contributed by atoms with Crippen molar-refractivity contribution in [2.24, 2.45) is 0 Å². The third-order valence-corrected chi connectivity index (χ3v) is 6.18. The molecule has 0 spiro atoms. The SMILES string of the molecule is Cc1ccc(S(=O)(=O)ON2C(=O)c3cccc4c(C(=O)N(C)C)ccc(c34)C2=O)cc1. The van der Waals surface area contributed by atoms with Gasteiger partial charge >= 0.3 is 10.1 Å². The average Bonchev–Trinajstić information content (AvgIpc) is 2.74. The molecule has 0 aliphatic carbocycles. The van der Waals surface area contributed by atoms with E-state index < -0.39 is 21.9 Å². The number of hydrogen-bond acceptors (Lipinski definition) is 6. The zero-order valence-electron chi connectivity index (χ0n) is 16.9. The molecule has 0 N–H and O–H groups in total. The van der Waals surface area contributed by atoms with Crippen LogP contribution in [0.25, 0.3) is 10.8 Å². The van der Waals surface area contributed by atoms with Gasteiger partial charge in [0.05, 0.1) is 16.0 Å². The number of hydrogen-bond donors (Lipinski definition) is 0. The van der Waals surface area contributed by atoms with Crippen molar-refractivity contribution in [2.75, 3.05) is 14.1 Å². The van der Waals surface area contributed by atoms with Gasteiger partial charge in [-0.2, -0.15) is 8.42 Å². The molecule has 0 aromatic heterocycles. The van der Waals surface area contributed by atoms with Crippen molar-refractivity contribution in [3.8, 4) is 0 Å². The van der Waals surface area contributed by atoms with Crippen LogP contribution in [0, 0.1) is 6.92 Å². The van der Waals surface area contributed by atoms with Crippen LogP contribution < -0.4 is 0 Å². The third-order valence-electron chi connectivity index (χ3n) is 4.99.